The number of ketones is 1. The lowest BCUT2D eigenvalue weighted by molar-refractivity contribution is 0.00529. The van der Waals surface area contributed by atoms with Crippen molar-refractivity contribution >= 4 is 57.6 Å². The van der Waals surface area contributed by atoms with Crippen LogP contribution in [0.1, 0.15) is 47.4 Å². The molecule has 0 saturated heterocycles. The molecule has 0 saturated carbocycles. The molecule has 1 aliphatic rings. The fraction of sp³-hybridized carbons (Fsp3) is 0.276. The molecule has 0 radical (unpaired) electrons. The molecule has 8 heteroatoms. The van der Waals surface area contributed by atoms with Crippen LogP contribution in [0.5, 0.6) is 0 Å². The lowest BCUT2D eigenvalue weighted by Gasteiger charge is -2.33. The van der Waals surface area contributed by atoms with Crippen LogP contribution in [0.25, 0.3) is 0 Å². The van der Waals surface area contributed by atoms with Gasteiger partial charge in [0, 0.05) is 28.0 Å². The highest BCUT2D eigenvalue weighted by Crippen LogP contribution is 2.32. The van der Waals surface area contributed by atoms with Gasteiger partial charge in [-0.15, -0.1) is 17.0 Å². The average Bonchev–Trinajstić information content (AvgIpc) is 3.39. The Kier molecular flexibility index (Phi) is 11.4. The lowest BCUT2D eigenvalue weighted by atomic mass is 9.99. The van der Waals surface area contributed by atoms with Crippen LogP contribution in [0.3, 0.4) is 0 Å². The molecule has 37 heavy (non-hydrogen) atoms. The van der Waals surface area contributed by atoms with Gasteiger partial charge in [0.05, 0.1) is 19.3 Å². The van der Waals surface area contributed by atoms with Crippen LogP contribution in [0.4, 0.5) is 0 Å². The number of Topliss-reactive ketones (excluding diaryl/α,β-unsaturated/α-hetero) is 1. The molecule has 0 fully saturated rings. The maximum atomic E-state index is 13.3. The van der Waals surface area contributed by atoms with Gasteiger partial charge in [-0.3, -0.25) is 4.79 Å². The first-order valence-corrected chi connectivity index (χ1v) is 13.2. The molecule has 3 unspecified atom stereocenters. The number of nitrogens with zero attached hydrogens (tertiary/aromatic N) is 2. The SMILES string of the molecule is Br.CCCC(C(=O)c1ccccc1)N1C=CN(C(Cl)C(OCc2ccc(Cl)cc2)c2ccc(Cl)cc2)C1. The number of carbonyl (C=O) groups is 1. The minimum atomic E-state index is -0.506. The van der Waals surface area contributed by atoms with Gasteiger partial charge in [0.1, 0.15) is 11.6 Å². The Morgan fingerprint density at radius 2 is 1.49 bits per heavy atom. The van der Waals surface area contributed by atoms with Gasteiger partial charge < -0.3 is 14.5 Å². The minimum absolute atomic E-state index is 0. The van der Waals surface area contributed by atoms with E-state index in [1.54, 1.807) is 0 Å². The average molecular weight is 625 g/mol. The zero-order valence-electron chi connectivity index (χ0n) is 20.5. The fourth-order valence-electron chi connectivity index (χ4n) is 4.26. The number of rotatable bonds is 11. The van der Waals surface area contributed by atoms with E-state index in [9.17, 15) is 4.79 Å². The highest BCUT2D eigenvalue weighted by Gasteiger charge is 2.33. The van der Waals surface area contributed by atoms with Gasteiger partial charge in [-0.05, 0) is 41.8 Å². The van der Waals surface area contributed by atoms with Crippen LogP contribution in [0.2, 0.25) is 10.0 Å². The number of ether oxygens (including phenoxy) is 1. The molecule has 3 atom stereocenters. The Balaban J connectivity index is 0.00000380. The summed E-state index contributed by atoms with van der Waals surface area (Å²) in [6.45, 7) is 2.96. The van der Waals surface area contributed by atoms with Gasteiger partial charge in [0.2, 0.25) is 0 Å². The van der Waals surface area contributed by atoms with Crippen LogP contribution in [0, 0.1) is 0 Å². The van der Waals surface area contributed by atoms with Gasteiger partial charge >= 0.3 is 0 Å². The molecule has 1 aliphatic heterocycles. The molecule has 0 spiro atoms. The van der Waals surface area contributed by atoms with Crippen molar-refractivity contribution in [1.29, 1.82) is 0 Å². The summed E-state index contributed by atoms with van der Waals surface area (Å²) in [7, 11) is 0. The largest absolute Gasteiger partial charge is 0.365 e. The Morgan fingerprint density at radius 1 is 0.892 bits per heavy atom. The smallest absolute Gasteiger partial charge is 0.185 e. The van der Waals surface area contributed by atoms with Crippen molar-refractivity contribution in [2.45, 2.75) is 44.0 Å². The van der Waals surface area contributed by atoms with Crippen LogP contribution in [-0.4, -0.2) is 33.8 Å². The van der Waals surface area contributed by atoms with Crippen molar-refractivity contribution in [3.63, 3.8) is 0 Å². The van der Waals surface area contributed by atoms with Gasteiger partial charge in [-0.2, -0.15) is 0 Å². The molecule has 1 heterocycles. The van der Waals surface area contributed by atoms with Crippen molar-refractivity contribution in [3.8, 4) is 0 Å². The quantitative estimate of drug-likeness (QED) is 0.122. The molecular formula is C29H30BrCl3N2O2. The fourth-order valence-corrected chi connectivity index (χ4v) is 4.86. The van der Waals surface area contributed by atoms with E-state index in [4.69, 9.17) is 39.5 Å². The van der Waals surface area contributed by atoms with E-state index in [0.717, 1.165) is 29.5 Å². The van der Waals surface area contributed by atoms with E-state index in [1.165, 1.54) is 0 Å². The maximum Gasteiger partial charge on any atom is 0.185 e. The third-order valence-electron chi connectivity index (χ3n) is 6.21. The Hall–Kier alpha value is -2.02. The van der Waals surface area contributed by atoms with Crippen LogP contribution in [-0.2, 0) is 11.3 Å². The summed E-state index contributed by atoms with van der Waals surface area (Å²) in [5.74, 6) is 0.114. The van der Waals surface area contributed by atoms with E-state index < -0.39 is 11.6 Å². The van der Waals surface area contributed by atoms with Gasteiger partial charge in [0.25, 0.3) is 0 Å². The molecular weight excluding hydrogens is 595 g/mol. The zero-order valence-corrected chi connectivity index (χ0v) is 24.5. The maximum absolute atomic E-state index is 13.3. The summed E-state index contributed by atoms with van der Waals surface area (Å²) in [5, 5.41) is 1.33. The van der Waals surface area contributed by atoms with Crippen LogP contribution >= 0.6 is 51.8 Å². The molecule has 0 N–H and O–H groups in total. The Labute approximate surface area is 244 Å². The molecule has 4 rings (SSSR count). The van der Waals surface area contributed by atoms with Gasteiger partial charge in [-0.25, -0.2) is 0 Å². The second-order valence-electron chi connectivity index (χ2n) is 8.79. The summed E-state index contributed by atoms with van der Waals surface area (Å²) < 4.78 is 6.35. The topological polar surface area (TPSA) is 32.8 Å². The van der Waals surface area contributed by atoms with E-state index >= 15 is 0 Å². The number of hydrogen-bond donors (Lipinski definition) is 0. The van der Waals surface area contributed by atoms with E-state index in [2.05, 4.69) is 11.8 Å². The van der Waals surface area contributed by atoms with Gasteiger partial charge in [0.15, 0.2) is 5.78 Å². The zero-order chi connectivity index (χ0) is 25.5. The first kappa shape index (κ1) is 29.5. The Morgan fingerprint density at radius 3 is 2.11 bits per heavy atom. The summed E-state index contributed by atoms with van der Waals surface area (Å²) in [6.07, 6.45) is 5.11. The molecule has 0 amide bonds. The van der Waals surface area contributed by atoms with E-state index in [0.29, 0.717) is 23.3 Å². The second kappa shape index (κ2) is 14.2. The predicted octanol–water partition coefficient (Wildman–Crippen LogP) is 8.49. The molecule has 4 nitrogen and oxygen atoms in total. The number of hydrogen-bond acceptors (Lipinski definition) is 4. The first-order valence-electron chi connectivity index (χ1n) is 12.0. The predicted molar refractivity (Wildman–Crippen MR) is 158 cm³/mol. The van der Waals surface area contributed by atoms with E-state index in [1.807, 2.05) is 96.2 Å². The van der Waals surface area contributed by atoms with Crippen molar-refractivity contribution in [2.24, 2.45) is 0 Å². The summed E-state index contributed by atoms with van der Waals surface area (Å²) in [5.41, 5.74) is 2.13. The molecule has 0 bridgehead atoms. The normalized spacial score (nSPS) is 15.2. The molecule has 0 aromatic heterocycles. The highest BCUT2D eigenvalue weighted by atomic mass is 79.9. The molecule has 196 valence electrons. The second-order valence-corrected chi connectivity index (χ2v) is 10.1. The third-order valence-corrected chi connectivity index (χ3v) is 7.19. The van der Waals surface area contributed by atoms with Crippen molar-refractivity contribution in [2.75, 3.05) is 6.67 Å². The van der Waals surface area contributed by atoms with Crippen LogP contribution in [0.15, 0.2) is 91.3 Å². The summed E-state index contributed by atoms with van der Waals surface area (Å²) >= 11 is 19.2. The van der Waals surface area contributed by atoms with Crippen molar-refractivity contribution < 1.29 is 9.53 Å². The first-order chi connectivity index (χ1) is 17.5. The number of alkyl halides is 1. The summed E-state index contributed by atoms with van der Waals surface area (Å²) in [4.78, 5) is 17.4. The van der Waals surface area contributed by atoms with Crippen molar-refractivity contribution in [3.05, 3.63) is 118 Å². The molecule has 3 aromatic rings. The number of halogens is 4. The lowest BCUT2D eigenvalue weighted by Crippen LogP contribution is -2.42. The minimum Gasteiger partial charge on any atom is -0.365 e. The van der Waals surface area contributed by atoms with Gasteiger partial charge in [-0.1, -0.05) is 103 Å². The Bertz CT molecular complexity index is 1160. The molecule has 0 aliphatic carbocycles. The summed E-state index contributed by atoms with van der Waals surface area (Å²) in [6, 6.07) is 24.3. The monoisotopic (exact) mass is 622 g/mol. The van der Waals surface area contributed by atoms with Crippen LogP contribution < -0.4 is 0 Å². The van der Waals surface area contributed by atoms with E-state index in [-0.39, 0.29) is 28.8 Å². The molecule has 3 aromatic carbocycles. The standard InChI is InChI=1S/C29H29Cl3N2O2.BrH/c1-2-6-26(27(35)22-7-4-3-5-8-22)33-17-18-34(20-33)29(32)28(23-11-15-25(31)16-12-23)36-19-21-9-13-24(30)14-10-21;/h3-5,7-18,26,28-29H,2,6,19-20H2,1H3;1H. The van der Waals surface area contributed by atoms with Crippen molar-refractivity contribution in [1.82, 2.24) is 9.80 Å². The third kappa shape index (κ3) is 7.75. The highest BCUT2D eigenvalue weighted by molar-refractivity contribution is 8.93. The number of carbonyl (C=O) groups excluding carboxylic acids is 1. The number of benzene rings is 3.